The zero-order chi connectivity index (χ0) is 26.5. The zero-order valence-corrected chi connectivity index (χ0v) is 21.2. The number of amides is 2. The van der Waals surface area contributed by atoms with E-state index in [-0.39, 0.29) is 43.7 Å². The zero-order valence-electron chi connectivity index (χ0n) is 21.2. The first-order chi connectivity index (χ1) is 17.1. The molecule has 0 radical (unpaired) electrons. The Bertz CT molecular complexity index is 1070. The van der Waals surface area contributed by atoms with Crippen LogP contribution in [0.5, 0.6) is 0 Å². The minimum Gasteiger partial charge on any atom is -0.466 e. The summed E-state index contributed by atoms with van der Waals surface area (Å²) in [6.07, 6.45) is 0.684. The Morgan fingerprint density at radius 2 is 1.61 bits per heavy atom. The fourth-order valence-corrected chi connectivity index (χ4v) is 4.17. The molecule has 1 aliphatic heterocycles. The Morgan fingerprint density at radius 3 is 2.22 bits per heavy atom. The van der Waals surface area contributed by atoms with E-state index in [0.717, 1.165) is 5.56 Å². The van der Waals surface area contributed by atoms with Crippen molar-refractivity contribution in [1.82, 2.24) is 10.0 Å². The molecule has 0 N–H and O–H groups in total. The Kier molecular flexibility index (Phi) is 8.39. The van der Waals surface area contributed by atoms with Gasteiger partial charge in [-0.05, 0) is 44.7 Å². The molecule has 0 bridgehead atoms. The molecule has 36 heavy (non-hydrogen) atoms. The van der Waals surface area contributed by atoms with Crippen molar-refractivity contribution in [3.05, 3.63) is 58.7 Å². The molecule has 10 heteroatoms. The molecular formula is C26H32N2O8. The average molecular weight is 501 g/mol. The van der Waals surface area contributed by atoms with E-state index in [1.165, 1.54) is 24.2 Å². The number of nitrogens with zero attached hydrogens (tertiary/aromatic N) is 2. The Morgan fingerprint density at radius 1 is 0.944 bits per heavy atom. The van der Waals surface area contributed by atoms with Crippen molar-refractivity contribution in [2.45, 2.75) is 45.8 Å². The predicted octanol–water partition coefficient (Wildman–Crippen LogP) is 3.77. The van der Waals surface area contributed by atoms with Crippen LogP contribution < -0.4 is 0 Å². The van der Waals surface area contributed by atoms with E-state index in [1.807, 2.05) is 30.3 Å². The molecule has 1 aromatic rings. The maximum atomic E-state index is 13.2. The molecule has 0 aromatic heterocycles. The molecule has 1 aliphatic carbocycles. The number of allylic oxidation sites excluding steroid dienone is 1. The van der Waals surface area contributed by atoms with E-state index >= 15 is 0 Å². The van der Waals surface area contributed by atoms with Crippen LogP contribution in [-0.2, 0) is 35.1 Å². The normalized spacial score (nSPS) is 17.9. The van der Waals surface area contributed by atoms with Crippen LogP contribution in [0.4, 0.5) is 9.59 Å². The molecule has 1 aromatic carbocycles. The summed E-state index contributed by atoms with van der Waals surface area (Å²) >= 11 is 0. The highest BCUT2D eigenvalue weighted by atomic mass is 16.6. The highest BCUT2D eigenvalue weighted by Gasteiger charge is 2.41. The molecule has 10 nitrogen and oxygen atoms in total. The molecule has 2 amide bonds. The van der Waals surface area contributed by atoms with Gasteiger partial charge in [-0.3, -0.25) is 0 Å². The number of carbonyl (C=O) groups is 4. The molecule has 194 valence electrons. The van der Waals surface area contributed by atoms with Gasteiger partial charge in [0.05, 0.1) is 31.9 Å². The number of hydrogen-bond acceptors (Lipinski definition) is 8. The summed E-state index contributed by atoms with van der Waals surface area (Å²) in [4.78, 5) is 51.4. The maximum absolute atomic E-state index is 13.2. The second kappa shape index (κ2) is 11.3. The highest BCUT2D eigenvalue weighted by Crippen LogP contribution is 2.37. The molecule has 0 saturated carbocycles. The van der Waals surface area contributed by atoms with Gasteiger partial charge in [-0.2, -0.15) is 0 Å². The van der Waals surface area contributed by atoms with Gasteiger partial charge in [0.25, 0.3) is 0 Å². The first-order valence-corrected chi connectivity index (χ1v) is 11.6. The molecule has 1 unspecified atom stereocenters. The molecule has 1 heterocycles. The van der Waals surface area contributed by atoms with E-state index in [9.17, 15) is 19.2 Å². The van der Waals surface area contributed by atoms with Crippen molar-refractivity contribution >= 4 is 24.1 Å². The second-order valence-electron chi connectivity index (χ2n) is 9.40. The second-order valence-corrected chi connectivity index (χ2v) is 9.40. The molecule has 0 spiro atoms. The fourth-order valence-electron chi connectivity index (χ4n) is 4.17. The standard InChI is InChI=1S/C26H32N2O8/c1-26(2,3)36-25(32)28-15-18-11-12-20(22(29)33-4)21(23(30)34-5)19(18)13-14-27(28)24(31)35-16-17-9-7-6-8-10-17/h6-11,19H,12-16H2,1-5H3. The first kappa shape index (κ1) is 26.8. The largest absolute Gasteiger partial charge is 0.466 e. The smallest absolute Gasteiger partial charge is 0.429 e. The van der Waals surface area contributed by atoms with Gasteiger partial charge in [-0.15, -0.1) is 0 Å². The summed E-state index contributed by atoms with van der Waals surface area (Å²) < 4.78 is 20.9. The molecule has 2 aliphatic rings. The third-order valence-electron chi connectivity index (χ3n) is 5.80. The Balaban J connectivity index is 1.93. The van der Waals surface area contributed by atoms with Gasteiger partial charge < -0.3 is 18.9 Å². The van der Waals surface area contributed by atoms with Crippen molar-refractivity contribution in [2.24, 2.45) is 5.92 Å². The average Bonchev–Trinajstić information content (AvgIpc) is 3.05. The number of fused-ring (bicyclic) bond motifs is 1. The number of rotatable bonds is 4. The van der Waals surface area contributed by atoms with Crippen molar-refractivity contribution in [2.75, 3.05) is 27.3 Å². The van der Waals surface area contributed by atoms with Crippen LogP contribution in [0.15, 0.2) is 53.1 Å². The Hall–Kier alpha value is -3.82. The summed E-state index contributed by atoms with van der Waals surface area (Å²) in [6.45, 7) is 5.20. The molecule has 1 atom stereocenters. The van der Waals surface area contributed by atoms with E-state index in [4.69, 9.17) is 18.9 Å². The van der Waals surface area contributed by atoms with Gasteiger partial charge in [0.2, 0.25) is 0 Å². The summed E-state index contributed by atoms with van der Waals surface area (Å²) in [5.74, 6) is -1.84. The van der Waals surface area contributed by atoms with Gasteiger partial charge in [-0.1, -0.05) is 36.4 Å². The van der Waals surface area contributed by atoms with E-state index < -0.39 is 35.6 Å². The van der Waals surface area contributed by atoms with Crippen LogP contribution in [-0.4, -0.2) is 67.1 Å². The van der Waals surface area contributed by atoms with Crippen LogP contribution in [0.3, 0.4) is 0 Å². The third-order valence-corrected chi connectivity index (χ3v) is 5.80. The van der Waals surface area contributed by atoms with Crippen LogP contribution in [0.1, 0.15) is 39.2 Å². The summed E-state index contributed by atoms with van der Waals surface area (Å²) in [5.41, 5.74) is 1.04. The van der Waals surface area contributed by atoms with Crippen molar-refractivity contribution in [1.29, 1.82) is 0 Å². The van der Waals surface area contributed by atoms with Crippen molar-refractivity contribution in [3.8, 4) is 0 Å². The molecule has 1 fully saturated rings. The van der Waals surface area contributed by atoms with Gasteiger partial charge in [0.15, 0.2) is 0 Å². The van der Waals surface area contributed by atoms with Gasteiger partial charge in [-0.25, -0.2) is 29.2 Å². The van der Waals surface area contributed by atoms with E-state index in [2.05, 4.69) is 0 Å². The van der Waals surface area contributed by atoms with Crippen LogP contribution in [0, 0.1) is 5.92 Å². The van der Waals surface area contributed by atoms with Crippen LogP contribution in [0.2, 0.25) is 0 Å². The number of hydrogen-bond donors (Lipinski definition) is 0. The number of hydrazine groups is 1. The quantitative estimate of drug-likeness (QED) is 0.349. The summed E-state index contributed by atoms with van der Waals surface area (Å²) in [7, 11) is 2.48. The van der Waals surface area contributed by atoms with Gasteiger partial charge in [0.1, 0.15) is 12.2 Å². The molecule has 3 rings (SSSR count). The summed E-state index contributed by atoms with van der Waals surface area (Å²) in [6, 6.07) is 9.16. The van der Waals surface area contributed by atoms with Crippen LogP contribution in [0.25, 0.3) is 0 Å². The predicted molar refractivity (Wildman–Crippen MR) is 128 cm³/mol. The van der Waals surface area contributed by atoms with Crippen molar-refractivity contribution < 1.29 is 38.1 Å². The van der Waals surface area contributed by atoms with Crippen LogP contribution >= 0.6 is 0 Å². The number of carbonyl (C=O) groups excluding carboxylic acids is 4. The lowest BCUT2D eigenvalue weighted by Crippen LogP contribution is -2.51. The highest BCUT2D eigenvalue weighted by molar-refractivity contribution is 6.02. The lowest BCUT2D eigenvalue weighted by Gasteiger charge is -2.34. The lowest BCUT2D eigenvalue weighted by molar-refractivity contribution is -0.139. The van der Waals surface area contributed by atoms with Crippen molar-refractivity contribution in [3.63, 3.8) is 0 Å². The topological polar surface area (TPSA) is 112 Å². The molecular weight excluding hydrogens is 468 g/mol. The first-order valence-electron chi connectivity index (χ1n) is 11.6. The number of esters is 2. The third kappa shape index (κ3) is 6.24. The lowest BCUT2D eigenvalue weighted by atomic mass is 9.79. The van der Waals surface area contributed by atoms with E-state index in [0.29, 0.717) is 5.57 Å². The van der Waals surface area contributed by atoms with Gasteiger partial charge >= 0.3 is 24.1 Å². The summed E-state index contributed by atoms with van der Waals surface area (Å²) in [5, 5.41) is 2.37. The minimum absolute atomic E-state index is 0.0181. The monoisotopic (exact) mass is 500 g/mol. The number of methoxy groups -OCH3 is 2. The SMILES string of the molecule is COC(=O)C1=C(C(=O)OC)C2CCN(C(=O)OCc3ccccc3)N(C(=O)OC(C)(C)C)CC2=CC1. The Labute approximate surface area is 210 Å². The fraction of sp³-hybridized carbons (Fsp3) is 0.462. The number of benzene rings is 1. The maximum Gasteiger partial charge on any atom is 0.429 e. The minimum atomic E-state index is -0.807. The number of ether oxygens (including phenoxy) is 4. The van der Waals surface area contributed by atoms with E-state index in [1.54, 1.807) is 26.8 Å². The molecule has 1 saturated heterocycles. The van der Waals surface area contributed by atoms with Gasteiger partial charge in [0, 0.05) is 12.5 Å².